The molecule has 22 heavy (non-hydrogen) atoms. The monoisotopic (exact) mass is 417 g/mol. The fourth-order valence-electron chi connectivity index (χ4n) is 1.71. The first-order chi connectivity index (χ1) is 10.3. The standard InChI is InChI=1S/C16H11F3INO/c17-16(18,19)12-3-1-2-11(10-12)4-9-15(22)21-14-7-5-13(20)6-8-14/h1-10H,(H,21,22)/b9-4+. The number of carbonyl (C=O) groups excluding carboxylic acids is 1. The quantitative estimate of drug-likeness (QED) is 0.555. The first kappa shape index (κ1) is 16.5. The van der Waals surface area contributed by atoms with Gasteiger partial charge in [-0.3, -0.25) is 4.79 Å². The van der Waals surface area contributed by atoms with E-state index >= 15 is 0 Å². The number of anilines is 1. The Labute approximate surface area is 139 Å². The molecule has 0 saturated heterocycles. The van der Waals surface area contributed by atoms with Crippen molar-refractivity contribution in [3.05, 3.63) is 69.3 Å². The third kappa shape index (κ3) is 4.87. The van der Waals surface area contributed by atoms with Gasteiger partial charge in [-0.15, -0.1) is 0 Å². The zero-order chi connectivity index (χ0) is 16.2. The Balaban J connectivity index is 2.05. The minimum Gasteiger partial charge on any atom is -0.323 e. The van der Waals surface area contributed by atoms with Gasteiger partial charge < -0.3 is 5.32 Å². The molecule has 0 fully saturated rings. The van der Waals surface area contributed by atoms with Gasteiger partial charge in [0.25, 0.3) is 0 Å². The van der Waals surface area contributed by atoms with Crippen molar-refractivity contribution in [1.29, 1.82) is 0 Å². The average molecular weight is 417 g/mol. The van der Waals surface area contributed by atoms with E-state index in [-0.39, 0.29) is 0 Å². The molecule has 1 N–H and O–H groups in total. The molecular formula is C16H11F3INO. The maximum atomic E-state index is 12.6. The van der Waals surface area contributed by atoms with Crippen molar-refractivity contribution < 1.29 is 18.0 Å². The Morgan fingerprint density at radius 3 is 2.41 bits per heavy atom. The van der Waals surface area contributed by atoms with Crippen molar-refractivity contribution in [2.75, 3.05) is 5.32 Å². The minimum atomic E-state index is -4.40. The maximum Gasteiger partial charge on any atom is 0.416 e. The number of alkyl halides is 3. The molecule has 0 bridgehead atoms. The Kier molecular flexibility index (Phi) is 5.23. The molecule has 2 aromatic carbocycles. The fourth-order valence-corrected chi connectivity index (χ4v) is 2.07. The molecule has 2 rings (SSSR count). The van der Waals surface area contributed by atoms with Crippen LogP contribution in [-0.2, 0) is 11.0 Å². The molecule has 0 aromatic heterocycles. The van der Waals surface area contributed by atoms with Gasteiger partial charge in [0.05, 0.1) is 5.56 Å². The average Bonchev–Trinajstić information content (AvgIpc) is 2.47. The Morgan fingerprint density at radius 1 is 1.09 bits per heavy atom. The summed E-state index contributed by atoms with van der Waals surface area (Å²) < 4.78 is 38.8. The first-order valence-electron chi connectivity index (χ1n) is 6.26. The molecule has 0 unspecified atom stereocenters. The molecule has 0 saturated carbocycles. The predicted molar refractivity (Wildman–Crippen MR) is 88.3 cm³/mol. The number of halogens is 4. The van der Waals surface area contributed by atoms with Gasteiger partial charge in [0.1, 0.15) is 0 Å². The van der Waals surface area contributed by atoms with Crippen LogP contribution in [0.2, 0.25) is 0 Å². The summed E-state index contributed by atoms with van der Waals surface area (Å²) in [4.78, 5) is 11.7. The maximum absolute atomic E-state index is 12.6. The van der Waals surface area contributed by atoms with Gasteiger partial charge in [0.2, 0.25) is 5.91 Å². The zero-order valence-corrected chi connectivity index (χ0v) is 13.4. The highest BCUT2D eigenvalue weighted by Crippen LogP contribution is 2.29. The Bertz CT molecular complexity index is 693. The van der Waals surface area contributed by atoms with Crippen LogP contribution in [0.15, 0.2) is 54.6 Å². The smallest absolute Gasteiger partial charge is 0.323 e. The lowest BCUT2D eigenvalue weighted by molar-refractivity contribution is -0.137. The third-order valence-corrected chi connectivity index (χ3v) is 3.47. The summed E-state index contributed by atoms with van der Waals surface area (Å²) in [6.07, 6.45) is -1.85. The highest BCUT2D eigenvalue weighted by Gasteiger charge is 2.30. The summed E-state index contributed by atoms with van der Waals surface area (Å²) in [5.74, 6) is -0.404. The largest absolute Gasteiger partial charge is 0.416 e. The van der Waals surface area contributed by atoms with Crippen molar-refractivity contribution in [3.63, 3.8) is 0 Å². The van der Waals surface area contributed by atoms with E-state index in [1.807, 2.05) is 12.1 Å². The normalized spacial score (nSPS) is 11.6. The minimum absolute atomic E-state index is 0.313. The number of amides is 1. The van der Waals surface area contributed by atoms with Gasteiger partial charge in [0, 0.05) is 15.3 Å². The van der Waals surface area contributed by atoms with E-state index in [1.54, 1.807) is 12.1 Å². The second-order valence-electron chi connectivity index (χ2n) is 4.45. The lowest BCUT2D eigenvalue weighted by atomic mass is 10.1. The highest BCUT2D eigenvalue weighted by molar-refractivity contribution is 14.1. The second-order valence-corrected chi connectivity index (χ2v) is 5.70. The molecule has 0 radical (unpaired) electrons. The molecular weight excluding hydrogens is 406 g/mol. The second kappa shape index (κ2) is 6.95. The number of nitrogens with one attached hydrogen (secondary N) is 1. The summed E-state index contributed by atoms with van der Waals surface area (Å²) in [6, 6.07) is 12.0. The molecule has 0 atom stereocenters. The predicted octanol–water partition coefficient (Wildman–Crippen LogP) is 4.96. The van der Waals surface area contributed by atoms with Crippen molar-refractivity contribution >= 4 is 40.3 Å². The zero-order valence-electron chi connectivity index (χ0n) is 11.2. The number of hydrogen-bond donors (Lipinski definition) is 1. The summed E-state index contributed by atoms with van der Waals surface area (Å²) in [6.45, 7) is 0. The highest BCUT2D eigenvalue weighted by atomic mass is 127. The van der Waals surface area contributed by atoms with Gasteiger partial charge in [-0.2, -0.15) is 13.2 Å². The van der Waals surface area contributed by atoms with E-state index in [0.29, 0.717) is 11.3 Å². The van der Waals surface area contributed by atoms with Crippen LogP contribution in [0.5, 0.6) is 0 Å². The van der Waals surface area contributed by atoms with Crippen LogP contribution in [-0.4, -0.2) is 5.91 Å². The molecule has 0 heterocycles. The lowest BCUT2D eigenvalue weighted by Gasteiger charge is -2.06. The van der Waals surface area contributed by atoms with Crippen LogP contribution >= 0.6 is 22.6 Å². The van der Waals surface area contributed by atoms with Gasteiger partial charge in [0.15, 0.2) is 0 Å². The van der Waals surface area contributed by atoms with Crippen LogP contribution in [0, 0.1) is 3.57 Å². The van der Waals surface area contributed by atoms with E-state index in [9.17, 15) is 18.0 Å². The molecule has 2 nitrogen and oxygen atoms in total. The van der Waals surface area contributed by atoms with E-state index in [1.165, 1.54) is 24.3 Å². The molecule has 1 amide bonds. The summed E-state index contributed by atoms with van der Waals surface area (Å²) in [7, 11) is 0. The van der Waals surface area contributed by atoms with Crippen molar-refractivity contribution in [1.82, 2.24) is 0 Å². The van der Waals surface area contributed by atoms with Crippen molar-refractivity contribution in [2.24, 2.45) is 0 Å². The van der Waals surface area contributed by atoms with Crippen LogP contribution in [0.1, 0.15) is 11.1 Å². The van der Waals surface area contributed by atoms with Crippen LogP contribution in [0.3, 0.4) is 0 Å². The van der Waals surface area contributed by atoms with Crippen LogP contribution < -0.4 is 5.32 Å². The van der Waals surface area contributed by atoms with Crippen molar-refractivity contribution in [3.8, 4) is 0 Å². The topological polar surface area (TPSA) is 29.1 Å². The van der Waals surface area contributed by atoms with E-state index in [4.69, 9.17) is 0 Å². The molecule has 114 valence electrons. The van der Waals surface area contributed by atoms with Crippen LogP contribution in [0.25, 0.3) is 6.08 Å². The summed E-state index contributed by atoms with van der Waals surface area (Å²) in [5, 5.41) is 2.63. The van der Waals surface area contributed by atoms with Crippen LogP contribution in [0.4, 0.5) is 18.9 Å². The van der Waals surface area contributed by atoms with Gasteiger partial charge >= 0.3 is 6.18 Å². The van der Waals surface area contributed by atoms with Gasteiger partial charge in [-0.05, 0) is 70.6 Å². The molecule has 0 aliphatic rings. The molecule has 2 aromatic rings. The van der Waals surface area contributed by atoms with E-state index < -0.39 is 17.6 Å². The first-order valence-corrected chi connectivity index (χ1v) is 7.34. The number of hydrogen-bond acceptors (Lipinski definition) is 1. The molecule has 0 aliphatic carbocycles. The Morgan fingerprint density at radius 2 is 1.77 bits per heavy atom. The van der Waals surface area contributed by atoms with Crippen molar-refractivity contribution in [2.45, 2.75) is 6.18 Å². The number of carbonyl (C=O) groups is 1. The van der Waals surface area contributed by atoms with E-state index in [0.717, 1.165) is 15.7 Å². The van der Waals surface area contributed by atoms with E-state index in [2.05, 4.69) is 27.9 Å². The SMILES string of the molecule is O=C(/C=C/c1cccc(C(F)(F)F)c1)Nc1ccc(I)cc1. The number of rotatable bonds is 3. The number of benzene rings is 2. The van der Waals surface area contributed by atoms with Gasteiger partial charge in [-0.25, -0.2) is 0 Å². The summed E-state index contributed by atoms with van der Waals surface area (Å²) in [5.41, 5.74) is 0.194. The third-order valence-electron chi connectivity index (χ3n) is 2.75. The summed E-state index contributed by atoms with van der Waals surface area (Å²) >= 11 is 2.15. The van der Waals surface area contributed by atoms with Gasteiger partial charge in [-0.1, -0.05) is 12.1 Å². The fraction of sp³-hybridized carbons (Fsp3) is 0.0625. The lowest BCUT2D eigenvalue weighted by Crippen LogP contribution is -2.07. The molecule has 6 heteroatoms. The molecule has 0 spiro atoms. The Hall–Kier alpha value is -1.83. The molecule has 0 aliphatic heterocycles.